The minimum Gasteiger partial charge on any atom is -0.497 e. The number of guanidine groups is 1. The normalized spacial score (nSPS) is 14.2. The van der Waals surface area contributed by atoms with Crippen molar-refractivity contribution in [1.82, 2.24) is 0 Å². The first-order chi connectivity index (χ1) is 11.7. The van der Waals surface area contributed by atoms with Gasteiger partial charge in [0.1, 0.15) is 11.5 Å². The van der Waals surface area contributed by atoms with Gasteiger partial charge in [0.05, 0.1) is 19.8 Å². The number of anilines is 1. The lowest BCUT2D eigenvalue weighted by atomic mass is 9.96. The second-order valence-corrected chi connectivity index (χ2v) is 5.83. The molecule has 0 spiro atoms. The highest BCUT2D eigenvalue weighted by Crippen LogP contribution is 2.27. The standard InChI is InChI=1S/C19H23N3O2.HI/c1-23-16-11-9-15(10-12-16)22-19(20)21-13-14-5-2-3-8-18(14)24-17-6-4-7-17;/h2-3,5,8-12,17H,4,6-7,13H2,1H3,(H3,20,21,22);1H. The fraction of sp³-hybridized carbons (Fsp3) is 0.316. The lowest BCUT2D eigenvalue weighted by Gasteiger charge is -2.27. The predicted molar refractivity (Wildman–Crippen MR) is 112 cm³/mol. The average molecular weight is 453 g/mol. The van der Waals surface area contributed by atoms with Gasteiger partial charge in [-0.2, -0.15) is 0 Å². The molecule has 3 rings (SSSR count). The van der Waals surface area contributed by atoms with E-state index in [2.05, 4.69) is 10.3 Å². The topological polar surface area (TPSA) is 68.9 Å². The molecule has 6 heteroatoms. The van der Waals surface area contributed by atoms with Crippen molar-refractivity contribution >= 4 is 35.6 Å². The molecule has 1 fully saturated rings. The number of nitrogens with zero attached hydrogens (tertiary/aromatic N) is 1. The van der Waals surface area contributed by atoms with E-state index in [9.17, 15) is 0 Å². The van der Waals surface area contributed by atoms with Crippen molar-refractivity contribution < 1.29 is 9.47 Å². The molecule has 0 heterocycles. The minimum atomic E-state index is 0. The Labute approximate surface area is 165 Å². The maximum Gasteiger partial charge on any atom is 0.193 e. The molecule has 0 amide bonds. The van der Waals surface area contributed by atoms with Gasteiger partial charge in [0.2, 0.25) is 0 Å². The number of methoxy groups -OCH3 is 1. The van der Waals surface area contributed by atoms with E-state index in [1.165, 1.54) is 6.42 Å². The van der Waals surface area contributed by atoms with Crippen LogP contribution in [0.25, 0.3) is 0 Å². The number of para-hydroxylation sites is 1. The first kappa shape index (κ1) is 19.4. The quantitative estimate of drug-likeness (QED) is 0.392. The molecule has 2 aromatic rings. The molecular weight excluding hydrogens is 429 g/mol. The predicted octanol–water partition coefficient (Wildman–Crippen LogP) is 4.17. The van der Waals surface area contributed by atoms with Crippen LogP contribution in [0.1, 0.15) is 24.8 Å². The third kappa shape index (κ3) is 5.52. The van der Waals surface area contributed by atoms with Crippen LogP contribution in [-0.4, -0.2) is 19.2 Å². The number of nitrogens with two attached hydrogens (primary N) is 1. The summed E-state index contributed by atoms with van der Waals surface area (Å²) in [6.07, 6.45) is 3.88. The fourth-order valence-corrected chi connectivity index (χ4v) is 2.45. The van der Waals surface area contributed by atoms with Crippen LogP contribution in [0.4, 0.5) is 5.69 Å². The molecule has 0 radical (unpaired) electrons. The fourth-order valence-electron chi connectivity index (χ4n) is 2.45. The third-order valence-electron chi connectivity index (χ3n) is 4.10. The van der Waals surface area contributed by atoms with Gasteiger partial charge in [-0.05, 0) is 49.6 Å². The number of halogens is 1. The lowest BCUT2D eigenvalue weighted by Crippen LogP contribution is -2.25. The second kappa shape index (κ2) is 9.50. The van der Waals surface area contributed by atoms with Gasteiger partial charge in [0.15, 0.2) is 5.96 Å². The van der Waals surface area contributed by atoms with Crippen molar-refractivity contribution in [2.75, 3.05) is 12.4 Å². The number of nitrogens with one attached hydrogen (secondary N) is 1. The molecule has 0 aliphatic heterocycles. The van der Waals surface area contributed by atoms with Crippen LogP contribution in [0.3, 0.4) is 0 Å². The monoisotopic (exact) mass is 453 g/mol. The van der Waals surface area contributed by atoms with Crippen LogP contribution in [0, 0.1) is 0 Å². The van der Waals surface area contributed by atoms with Gasteiger partial charge in [-0.25, -0.2) is 4.99 Å². The van der Waals surface area contributed by atoms with Crippen LogP contribution < -0.4 is 20.5 Å². The van der Waals surface area contributed by atoms with Crippen molar-refractivity contribution in [2.45, 2.75) is 31.9 Å². The lowest BCUT2D eigenvalue weighted by molar-refractivity contribution is 0.119. The number of aliphatic imine (C=N–C) groups is 1. The van der Waals surface area contributed by atoms with Crippen LogP contribution in [0.2, 0.25) is 0 Å². The zero-order valence-electron chi connectivity index (χ0n) is 14.3. The van der Waals surface area contributed by atoms with Gasteiger partial charge in [-0.3, -0.25) is 0 Å². The molecule has 0 unspecified atom stereocenters. The number of benzene rings is 2. The summed E-state index contributed by atoms with van der Waals surface area (Å²) in [5.41, 5.74) is 7.90. The molecule has 0 bridgehead atoms. The zero-order valence-corrected chi connectivity index (χ0v) is 16.6. The Kier molecular flexibility index (Phi) is 7.36. The highest BCUT2D eigenvalue weighted by Gasteiger charge is 2.20. The van der Waals surface area contributed by atoms with E-state index >= 15 is 0 Å². The van der Waals surface area contributed by atoms with Crippen molar-refractivity contribution in [3.63, 3.8) is 0 Å². The Morgan fingerprint density at radius 1 is 1.16 bits per heavy atom. The Morgan fingerprint density at radius 3 is 2.52 bits per heavy atom. The Hall–Kier alpha value is -1.96. The first-order valence-electron chi connectivity index (χ1n) is 8.20. The summed E-state index contributed by atoms with van der Waals surface area (Å²) in [5.74, 6) is 2.08. The summed E-state index contributed by atoms with van der Waals surface area (Å²) in [6, 6.07) is 15.5. The Bertz CT molecular complexity index is 700. The minimum absolute atomic E-state index is 0. The van der Waals surface area contributed by atoms with E-state index < -0.39 is 0 Å². The van der Waals surface area contributed by atoms with Crippen LogP contribution in [-0.2, 0) is 6.54 Å². The summed E-state index contributed by atoms with van der Waals surface area (Å²) < 4.78 is 11.1. The molecule has 5 nitrogen and oxygen atoms in total. The highest BCUT2D eigenvalue weighted by atomic mass is 127. The van der Waals surface area contributed by atoms with Gasteiger partial charge < -0.3 is 20.5 Å². The van der Waals surface area contributed by atoms with Crippen LogP contribution >= 0.6 is 24.0 Å². The molecule has 3 N–H and O–H groups in total. The largest absolute Gasteiger partial charge is 0.497 e. The molecule has 1 saturated carbocycles. The number of rotatable bonds is 6. The van der Waals surface area contributed by atoms with Gasteiger partial charge in [0.25, 0.3) is 0 Å². The SMILES string of the molecule is COc1ccc(NC(N)=NCc2ccccc2OC2CCC2)cc1.I. The summed E-state index contributed by atoms with van der Waals surface area (Å²) >= 11 is 0. The van der Waals surface area contributed by atoms with E-state index in [1.54, 1.807) is 7.11 Å². The van der Waals surface area contributed by atoms with Gasteiger partial charge >= 0.3 is 0 Å². The molecule has 0 saturated heterocycles. The van der Waals surface area contributed by atoms with E-state index in [1.807, 2.05) is 48.5 Å². The summed E-state index contributed by atoms with van der Waals surface area (Å²) in [7, 11) is 1.64. The van der Waals surface area contributed by atoms with E-state index in [-0.39, 0.29) is 24.0 Å². The van der Waals surface area contributed by atoms with Gasteiger partial charge in [0, 0.05) is 11.3 Å². The molecule has 1 aliphatic rings. The maximum absolute atomic E-state index is 6.01. The molecule has 25 heavy (non-hydrogen) atoms. The summed E-state index contributed by atoms with van der Waals surface area (Å²) in [4.78, 5) is 4.42. The van der Waals surface area contributed by atoms with E-state index in [0.717, 1.165) is 35.6 Å². The van der Waals surface area contributed by atoms with E-state index in [4.69, 9.17) is 15.2 Å². The van der Waals surface area contributed by atoms with Gasteiger partial charge in [-0.15, -0.1) is 24.0 Å². The molecule has 0 aromatic heterocycles. The average Bonchev–Trinajstić information content (AvgIpc) is 2.58. The smallest absolute Gasteiger partial charge is 0.193 e. The van der Waals surface area contributed by atoms with Crippen LogP contribution in [0.5, 0.6) is 11.5 Å². The van der Waals surface area contributed by atoms with Crippen molar-refractivity contribution in [3.8, 4) is 11.5 Å². The van der Waals surface area contributed by atoms with Crippen molar-refractivity contribution in [1.29, 1.82) is 0 Å². The first-order valence-corrected chi connectivity index (χ1v) is 8.20. The highest BCUT2D eigenvalue weighted by molar-refractivity contribution is 14.0. The van der Waals surface area contributed by atoms with Crippen molar-refractivity contribution in [2.24, 2.45) is 10.7 Å². The second-order valence-electron chi connectivity index (χ2n) is 5.83. The Morgan fingerprint density at radius 2 is 1.88 bits per heavy atom. The zero-order chi connectivity index (χ0) is 16.8. The number of ether oxygens (including phenoxy) is 2. The molecule has 2 aromatic carbocycles. The van der Waals surface area contributed by atoms with E-state index in [0.29, 0.717) is 18.6 Å². The molecule has 0 atom stereocenters. The Balaban J connectivity index is 0.00000225. The van der Waals surface area contributed by atoms with Crippen molar-refractivity contribution in [3.05, 3.63) is 54.1 Å². The summed E-state index contributed by atoms with van der Waals surface area (Å²) in [6.45, 7) is 0.484. The molecule has 134 valence electrons. The molecule has 1 aliphatic carbocycles. The summed E-state index contributed by atoms with van der Waals surface area (Å²) in [5, 5.41) is 3.08. The third-order valence-corrected chi connectivity index (χ3v) is 4.10. The molecular formula is C19H24IN3O2. The van der Waals surface area contributed by atoms with Crippen LogP contribution in [0.15, 0.2) is 53.5 Å². The number of hydrogen-bond donors (Lipinski definition) is 2. The number of hydrogen-bond acceptors (Lipinski definition) is 3. The van der Waals surface area contributed by atoms with Gasteiger partial charge in [-0.1, -0.05) is 18.2 Å². The maximum atomic E-state index is 6.01.